The summed E-state index contributed by atoms with van der Waals surface area (Å²) in [7, 11) is 0. The Bertz CT molecular complexity index is 554. The molecular formula is C12H13N3O. The summed E-state index contributed by atoms with van der Waals surface area (Å²) in [5.74, 6) is 1.62. The van der Waals surface area contributed by atoms with Crippen molar-refractivity contribution >= 4 is 11.3 Å². The summed E-state index contributed by atoms with van der Waals surface area (Å²) in [6.07, 6.45) is 6.11. The first-order valence-corrected chi connectivity index (χ1v) is 5.50. The molecule has 2 N–H and O–H groups in total. The molecule has 0 atom stereocenters. The highest BCUT2D eigenvalue weighted by Crippen LogP contribution is 2.39. The predicted octanol–water partition coefficient (Wildman–Crippen LogP) is 1.35. The quantitative estimate of drug-likeness (QED) is 0.786. The molecule has 0 radical (unpaired) electrons. The van der Waals surface area contributed by atoms with Gasteiger partial charge in [-0.25, -0.2) is 4.98 Å². The lowest BCUT2D eigenvalue weighted by atomic mass is 10.2. The van der Waals surface area contributed by atoms with E-state index in [1.54, 1.807) is 0 Å². The van der Waals surface area contributed by atoms with Crippen molar-refractivity contribution in [3.8, 4) is 0 Å². The van der Waals surface area contributed by atoms with Gasteiger partial charge in [0.15, 0.2) is 5.78 Å². The zero-order chi connectivity index (χ0) is 11.1. The molecule has 0 unspecified atom stereocenters. The first-order valence-electron chi connectivity index (χ1n) is 5.50. The normalized spacial score (nSPS) is 15.6. The van der Waals surface area contributed by atoms with Crippen LogP contribution in [0.5, 0.6) is 0 Å². The first-order chi connectivity index (χ1) is 7.79. The van der Waals surface area contributed by atoms with Gasteiger partial charge in [-0.15, -0.1) is 0 Å². The van der Waals surface area contributed by atoms with Crippen molar-refractivity contribution in [1.29, 1.82) is 0 Å². The third-order valence-corrected chi connectivity index (χ3v) is 3.01. The number of aromatic nitrogens is 2. The molecule has 2 heterocycles. The van der Waals surface area contributed by atoms with E-state index in [0.29, 0.717) is 11.5 Å². The number of ketones is 1. The topological polar surface area (TPSA) is 60.4 Å². The molecule has 1 fully saturated rings. The highest BCUT2D eigenvalue weighted by atomic mass is 16.1. The number of fused-ring (bicyclic) bond motifs is 1. The van der Waals surface area contributed by atoms with E-state index in [0.717, 1.165) is 11.3 Å². The molecule has 0 aromatic carbocycles. The number of pyridine rings is 1. The molecule has 0 amide bonds. The molecule has 1 aliphatic rings. The fourth-order valence-corrected chi connectivity index (χ4v) is 1.94. The van der Waals surface area contributed by atoms with Gasteiger partial charge in [0.25, 0.3) is 0 Å². The molecular weight excluding hydrogens is 202 g/mol. The molecule has 0 saturated heterocycles. The Hall–Kier alpha value is -1.68. The van der Waals surface area contributed by atoms with Crippen LogP contribution >= 0.6 is 0 Å². The molecule has 1 aliphatic carbocycles. The summed E-state index contributed by atoms with van der Waals surface area (Å²) in [5.41, 5.74) is 7.06. The van der Waals surface area contributed by atoms with Gasteiger partial charge in [0.2, 0.25) is 0 Å². The summed E-state index contributed by atoms with van der Waals surface area (Å²) in [5, 5.41) is 0. The Morgan fingerprint density at radius 2 is 2.31 bits per heavy atom. The number of rotatable bonds is 3. The second kappa shape index (κ2) is 3.42. The molecule has 4 heteroatoms. The Morgan fingerprint density at radius 1 is 1.50 bits per heavy atom. The van der Waals surface area contributed by atoms with Gasteiger partial charge in [-0.1, -0.05) is 0 Å². The van der Waals surface area contributed by atoms with Crippen LogP contribution in [0.25, 0.3) is 5.52 Å². The minimum Gasteiger partial charge on any atom is -0.324 e. The van der Waals surface area contributed by atoms with Crippen molar-refractivity contribution in [3.05, 3.63) is 35.9 Å². The van der Waals surface area contributed by atoms with E-state index in [1.807, 2.05) is 28.9 Å². The van der Waals surface area contributed by atoms with Crippen molar-refractivity contribution in [2.24, 2.45) is 5.73 Å². The van der Waals surface area contributed by atoms with E-state index in [9.17, 15) is 4.79 Å². The number of Topliss-reactive ketones (excluding diaryl/α,β-unsaturated/α-hetero) is 1. The predicted molar refractivity (Wildman–Crippen MR) is 60.6 cm³/mol. The van der Waals surface area contributed by atoms with Crippen molar-refractivity contribution in [2.75, 3.05) is 6.54 Å². The largest absolute Gasteiger partial charge is 0.324 e. The lowest BCUT2D eigenvalue weighted by Gasteiger charge is -2.02. The molecule has 0 bridgehead atoms. The molecule has 0 aliphatic heterocycles. The van der Waals surface area contributed by atoms with E-state index in [2.05, 4.69) is 4.98 Å². The molecule has 82 valence electrons. The maximum atomic E-state index is 11.5. The maximum absolute atomic E-state index is 11.5. The van der Waals surface area contributed by atoms with Gasteiger partial charge in [0.1, 0.15) is 5.82 Å². The van der Waals surface area contributed by atoms with Crippen LogP contribution in [0.4, 0.5) is 0 Å². The van der Waals surface area contributed by atoms with Crippen molar-refractivity contribution in [2.45, 2.75) is 18.8 Å². The van der Waals surface area contributed by atoms with Crippen LogP contribution < -0.4 is 5.73 Å². The Kier molecular flexibility index (Phi) is 2.04. The smallest absolute Gasteiger partial charge is 0.177 e. The van der Waals surface area contributed by atoms with E-state index in [-0.39, 0.29) is 12.3 Å². The number of hydrogen-bond donors (Lipinski definition) is 1. The minimum atomic E-state index is -0.0302. The summed E-state index contributed by atoms with van der Waals surface area (Å²) >= 11 is 0. The lowest BCUT2D eigenvalue weighted by molar-refractivity contribution is 0.100. The molecule has 4 nitrogen and oxygen atoms in total. The van der Waals surface area contributed by atoms with Gasteiger partial charge in [-0.3, -0.25) is 4.79 Å². The van der Waals surface area contributed by atoms with Gasteiger partial charge in [0, 0.05) is 17.7 Å². The number of carbonyl (C=O) groups excluding carboxylic acids is 1. The number of hydrogen-bond acceptors (Lipinski definition) is 3. The van der Waals surface area contributed by atoms with Crippen molar-refractivity contribution in [1.82, 2.24) is 9.38 Å². The fraction of sp³-hybridized carbons (Fsp3) is 0.333. The average molecular weight is 215 g/mol. The maximum Gasteiger partial charge on any atom is 0.177 e. The lowest BCUT2D eigenvalue weighted by Crippen LogP contribution is -2.14. The molecule has 3 rings (SSSR count). The Balaban J connectivity index is 2.13. The summed E-state index contributed by atoms with van der Waals surface area (Å²) in [4.78, 5) is 15.9. The highest BCUT2D eigenvalue weighted by molar-refractivity contribution is 5.97. The van der Waals surface area contributed by atoms with E-state index in [1.165, 1.54) is 12.8 Å². The molecule has 16 heavy (non-hydrogen) atoms. The van der Waals surface area contributed by atoms with Gasteiger partial charge < -0.3 is 10.1 Å². The summed E-state index contributed by atoms with van der Waals surface area (Å²) in [6.45, 7) is 0.0545. The minimum absolute atomic E-state index is 0.0302. The molecule has 2 aromatic rings. The monoisotopic (exact) mass is 215 g/mol. The van der Waals surface area contributed by atoms with Crippen LogP contribution in [0, 0.1) is 0 Å². The van der Waals surface area contributed by atoms with Crippen molar-refractivity contribution < 1.29 is 4.79 Å². The Morgan fingerprint density at radius 3 is 3.00 bits per heavy atom. The number of carbonyl (C=O) groups is 1. The van der Waals surface area contributed by atoms with Crippen LogP contribution in [0.1, 0.15) is 34.9 Å². The molecule has 0 spiro atoms. The van der Waals surface area contributed by atoms with Gasteiger partial charge in [-0.05, 0) is 25.0 Å². The first kappa shape index (κ1) is 9.54. The van der Waals surface area contributed by atoms with Gasteiger partial charge >= 0.3 is 0 Å². The van der Waals surface area contributed by atoms with Crippen LogP contribution in [-0.2, 0) is 0 Å². The second-order valence-corrected chi connectivity index (χ2v) is 4.23. The number of imidazole rings is 1. The SMILES string of the molecule is NCC(=O)c1ccc2cnc(C3CC3)n2c1. The molecule has 2 aromatic heterocycles. The zero-order valence-corrected chi connectivity index (χ0v) is 8.89. The number of nitrogens with two attached hydrogens (primary N) is 1. The zero-order valence-electron chi connectivity index (χ0n) is 8.89. The van der Waals surface area contributed by atoms with E-state index in [4.69, 9.17) is 5.73 Å². The van der Waals surface area contributed by atoms with Crippen molar-refractivity contribution in [3.63, 3.8) is 0 Å². The van der Waals surface area contributed by atoms with Crippen LogP contribution in [-0.4, -0.2) is 21.7 Å². The van der Waals surface area contributed by atoms with Crippen LogP contribution in [0.2, 0.25) is 0 Å². The van der Waals surface area contributed by atoms with Gasteiger partial charge in [0.05, 0.1) is 18.3 Å². The standard InChI is InChI=1S/C12H13N3O/c13-5-11(16)9-3-4-10-6-14-12(8-1-2-8)15(10)7-9/h3-4,6-8H,1-2,5,13H2. The molecule has 1 saturated carbocycles. The third-order valence-electron chi connectivity index (χ3n) is 3.01. The highest BCUT2D eigenvalue weighted by Gasteiger charge is 2.27. The third kappa shape index (κ3) is 1.42. The average Bonchev–Trinajstić information content (AvgIpc) is 3.08. The van der Waals surface area contributed by atoms with Crippen LogP contribution in [0.3, 0.4) is 0 Å². The number of nitrogens with zero attached hydrogens (tertiary/aromatic N) is 2. The fourth-order valence-electron chi connectivity index (χ4n) is 1.94. The van der Waals surface area contributed by atoms with E-state index < -0.39 is 0 Å². The Labute approximate surface area is 93.1 Å². The summed E-state index contributed by atoms with van der Waals surface area (Å²) in [6, 6.07) is 3.73. The van der Waals surface area contributed by atoms with E-state index >= 15 is 0 Å². The summed E-state index contributed by atoms with van der Waals surface area (Å²) < 4.78 is 2.01. The van der Waals surface area contributed by atoms with Crippen LogP contribution in [0.15, 0.2) is 24.5 Å². The second-order valence-electron chi connectivity index (χ2n) is 4.23. The van der Waals surface area contributed by atoms with Gasteiger partial charge in [-0.2, -0.15) is 0 Å².